The number of hydrogen-bond acceptors (Lipinski definition) is 4. The maximum Gasteiger partial charge on any atom is 0.146 e. The number of aromatic nitrogens is 1. The molecule has 2 rings (SSSR count). The van der Waals surface area contributed by atoms with Crippen molar-refractivity contribution < 1.29 is 9.57 Å². The molecule has 1 aromatic heterocycles. The van der Waals surface area contributed by atoms with Gasteiger partial charge in [-0.3, -0.25) is 4.98 Å². The number of oxime groups is 1. The zero-order valence-corrected chi connectivity index (χ0v) is 13.8. The average molecular weight is 349 g/mol. The lowest BCUT2D eigenvalue weighted by Gasteiger charge is -2.08. The van der Waals surface area contributed by atoms with E-state index in [1.807, 2.05) is 44.2 Å². The normalized spacial score (nSPS) is 10.9. The summed E-state index contributed by atoms with van der Waals surface area (Å²) in [5, 5.41) is 3.97. The van der Waals surface area contributed by atoms with E-state index in [4.69, 9.17) is 9.57 Å². The van der Waals surface area contributed by atoms with Gasteiger partial charge in [0.15, 0.2) is 0 Å². The molecule has 0 aliphatic heterocycles. The summed E-state index contributed by atoms with van der Waals surface area (Å²) in [5.41, 5.74) is 3.82. The monoisotopic (exact) mass is 348 g/mol. The highest BCUT2D eigenvalue weighted by Gasteiger charge is 2.07. The lowest BCUT2D eigenvalue weighted by atomic mass is 10.2. The van der Waals surface area contributed by atoms with E-state index >= 15 is 0 Å². The summed E-state index contributed by atoms with van der Waals surface area (Å²) in [5.74, 6) is 0.768. The molecule has 0 N–H and O–H groups in total. The number of nitrogens with zero attached hydrogens (tertiary/aromatic N) is 2. The number of pyridine rings is 1. The van der Waals surface area contributed by atoms with E-state index < -0.39 is 0 Å². The van der Waals surface area contributed by atoms with Gasteiger partial charge >= 0.3 is 0 Å². The third-order valence-electron chi connectivity index (χ3n) is 2.88. The Morgan fingerprint density at radius 3 is 2.81 bits per heavy atom. The molecule has 4 nitrogen and oxygen atoms in total. The second kappa shape index (κ2) is 7.22. The van der Waals surface area contributed by atoms with Crippen LogP contribution in [0.2, 0.25) is 0 Å². The highest BCUT2D eigenvalue weighted by molar-refractivity contribution is 9.10. The van der Waals surface area contributed by atoms with Crippen LogP contribution >= 0.6 is 15.9 Å². The lowest BCUT2D eigenvalue weighted by Crippen LogP contribution is -1.96. The summed E-state index contributed by atoms with van der Waals surface area (Å²) in [6.45, 7) is 4.31. The second-order valence-electron chi connectivity index (χ2n) is 4.64. The van der Waals surface area contributed by atoms with Gasteiger partial charge in [-0.1, -0.05) is 27.2 Å². The van der Waals surface area contributed by atoms with Crippen molar-refractivity contribution in [1.29, 1.82) is 0 Å². The maximum atomic E-state index is 5.35. The molecule has 0 atom stereocenters. The van der Waals surface area contributed by atoms with E-state index in [1.54, 1.807) is 13.3 Å². The van der Waals surface area contributed by atoms with Crippen LogP contribution in [0.25, 0.3) is 0 Å². The van der Waals surface area contributed by atoms with Crippen molar-refractivity contribution in [3.8, 4) is 5.75 Å². The summed E-state index contributed by atoms with van der Waals surface area (Å²) < 4.78 is 6.23. The Labute approximate surface area is 132 Å². The molecule has 0 amide bonds. The lowest BCUT2D eigenvalue weighted by molar-refractivity contribution is 0.129. The van der Waals surface area contributed by atoms with Gasteiger partial charge in [-0.25, -0.2) is 0 Å². The minimum Gasteiger partial charge on any atom is -0.496 e. The summed E-state index contributed by atoms with van der Waals surface area (Å²) in [4.78, 5) is 9.71. The topological polar surface area (TPSA) is 43.7 Å². The average Bonchev–Trinajstić information content (AvgIpc) is 2.43. The quantitative estimate of drug-likeness (QED) is 0.605. The first-order valence-electron chi connectivity index (χ1n) is 6.52. The first-order valence-corrected chi connectivity index (χ1v) is 7.31. The molecular formula is C16H17BrN2O2. The molecule has 0 radical (unpaired) electrons. The molecule has 0 aliphatic rings. The van der Waals surface area contributed by atoms with Crippen molar-refractivity contribution in [2.75, 3.05) is 7.11 Å². The molecule has 110 valence electrons. The third-order valence-corrected chi connectivity index (χ3v) is 3.62. The van der Waals surface area contributed by atoms with E-state index in [9.17, 15) is 0 Å². The van der Waals surface area contributed by atoms with Crippen LogP contribution in [0.3, 0.4) is 0 Å². The van der Waals surface area contributed by atoms with E-state index in [0.29, 0.717) is 6.61 Å². The number of aryl methyl sites for hydroxylation is 2. The highest BCUT2D eigenvalue weighted by atomic mass is 79.9. The fourth-order valence-corrected chi connectivity index (χ4v) is 2.46. The SMILES string of the molecule is COc1cccc(Br)c1CO/N=C/c1cc(C)cc(C)n1. The molecule has 21 heavy (non-hydrogen) atoms. The Kier molecular flexibility index (Phi) is 5.33. The summed E-state index contributed by atoms with van der Waals surface area (Å²) >= 11 is 3.48. The number of methoxy groups -OCH3 is 1. The molecule has 0 saturated carbocycles. The predicted molar refractivity (Wildman–Crippen MR) is 86.8 cm³/mol. The third kappa shape index (κ3) is 4.29. The van der Waals surface area contributed by atoms with Gasteiger partial charge in [-0.05, 0) is 43.7 Å². The van der Waals surface area contributed by atoms with Crippen LogP contribution < -0.4 is 4.74 Å². The minimum absolute atomic E-state index is 0.325. The van der Waals surface area contributed by atoms with Crippen molar-refractivity contribution >= 4 is 22.1 Å². The van der Waals surface area contributed by atoms with Gasteiger partial charge in [0.25, 0.3) is 0 Å². The number of halogens is 1. The Balaban J connectivity index is 2.03. The Morgan fingerprint density at radius 2 is 2.10 bits per heavy atom. The molecule has 1 heterocycles. The predicted octanol–water partition coefficient (Wildman–Crippen LogP) is 4.02. The van der Waals surface area contributed by atoms with Crippen molar-refractivity contribution in [3.05, 3.63) is 57.3 Å². The van der Waals surface area contributed by atoms with E-state index in [1.165, 1.54) is 0 Å². The van der Waals surface area contributed by atoms with Gasteiger partial charge in [0, 0.05) is 15.7 Å². The summed E-state index contributed by atoms with van der Waals surface area (Å²) in [7, 11) is 1.63. The molecule has 0 saturated heterocycles. The Morgan fingerprint density at radius 1 is 1.29 bits per heavy atom. The van der Waals surface area contributed by atoms with Crippen molar-refractivity contribution in [2.24, 2.45) is 5.16 Å². The van der Waals surface area contributed by atoms with Crippen LogP contribution in [0, 0.1) is 13.8 Å². The standard InChI is InChI=1S/C16H17BrN2O2/c1-11-7-12(2)19-13(8-11)9-18-21-10-14-15(17)5-4-6-16(14)20-3/h4-9H,10H2,1-3H3/b18-9+. The summed E-state index contributed by atoms with van der Waals surface area (Å²) in [6, 6.07) is 9.72. The van der Waals surface area contributed by atoms with E-state index in [0.717, 1.165) is 32.7 Å². The second-order valence-corrected chi connectivity index (χ2v) is 5.49. The number of hydrogen-bond donors (Lipinski definition) is 0. The van der Waals surface area contributed by atoms with Gasteiger partial charge < -0.3 is 9.57 Å². The Hall–Kier alpha value is -1.88. The van der Waals surface area contributed by atoms with E-state index in [-0.39, 0.29) is 0 Å². The van der Waals surface area contributed by atoms with Gasteiger partial charge in [0.05, 0.1) is 19.0 Å². The number of rotatable bonds is 5. The first kappa shape index (κ1) is 15.5. The number of benzene rings is 1. The van der Waals surface area contributed by atoms with Crippen LogP contribution in [0.15, 0.2) is 40.0 Å². The fourth-order valence-electron chi connectivity index (χ4n) is 2.00. The molecular weight excluding hydrogens is 332 g/mol. The van der Waals surface area contributed by atoms with Gasteiger partial charge in [0.1, 0.15) is 12.4 Å². The fraction of sp³-hybridized carbons (Fsp3) is 0.250. The van der Waals surface area contributed by atoms with Crippen molar-refractivity contribution in [1.82, 2.24) is 4.98 Å². The van der Waals surface area contributed by atoms with Crippen molar-refractivity contribution in [3.63, 3.8) is 0 Å². The van der Waals surface area contributed by atoms with Gasteiger partial charge in [-0.15, -0.1) is 0 Å². The van der Waals surface area contributed by atoms with Gasteiger partial charge in [0.2, 0.25) is 0 Å². The van der Waals surface area contributed by atoms with Crippen LogP contribution in [-0.2, 0) is 11.4 Å². The first-order chi connectivity index (χ1) is 10.1. The molecule has 5 heteroatoms. The molecule has 0 spiro atoms. The smallest absolute Gasteiger partial charge is 0.146 e. The molecule has 0 fully saturated rings. The minimum atomic E-state index is 0.325. The van der Waals surface area contributed by atoms with Crippen molar-refractivity contribution in [2.45, 2.75) is 20.5 Å². The molecule has 0 bridgehead atoms. The van der Waals surface area contributed by atoms with Crippen LogP contribution in [0.1, 0.15) is 22.5 Å². The summed E-state index contributed by atoms with van der Waals surface area (Å²) in [6.07, 6.45) is 1.61. The molecule has 0 aliphatic carbocycles. The zero-order chi connectivity index (χ0) is 15.2. The molecule has 2 aromatic rings. The zero-order valence-electron chi connectivity index (χ0n) is 12.3. The van der Waals surface area contributed by atoms with E-state index in [2.05, 4.69) is 26.1 Å². The van der Waals surface area contributed by atoms with Gasteiger partial charge in [-0.2, -0.15) is 0 Å². The largest absolute Gasteiger partial charge is 0.496 e. The van der Waals surface area contributed by atoms with Crippen LogP contribution in [0.4, 0.5) is 0 Å². The number of ether oxygens (including phenoxy) is 1. The highest BCUT2D eigenvalue weighted by Crippen LogP contribution is 2.27. The van der Waals surface area contributed by atoms with Crippen LogP contribution in [0.5, 0.6) is 5.75 Å². The maximum absolute atomic E-state index is 5.35. The molecule has 1 aromatic carbocycles. The molecule has 0 unspecified atom stereocenters. The van der Waals surface area contributed by atoms with Crippen LogP contribution in [-0.4, -0.2) is 18.3 Å². The Bertz CT molecular complexity index is 636.